The highest BCUT2D eigenvalue weighted by atomic mass is 35.5. The monoisotopic (exact) mass is 335 g/mol. The number of nitrogens with zero attached hydrogens (tertiary/aromatic N) is 1. The predicted octanol–water partition coefficient (Wildman–Crippen LogP) is 5.32. The van der Waals surface area contributed by atoms with Crippen molar-refractivity contribution in [1.82, 2.24) is 0 Å². The molecule has 0 radical (unpaired) electrons. The van der Waals surface area contributed by atoms with Crippen molar-refractivity contribution in [1.29, 1.82) is 0 Å². The van der Waals surface area contributed by atoms with Gasteiger partial charge in [0, 0.05) is 6.21 Å². The summed E-state index contributed by atoms with van der Waals surface area (Å²) in [4.78, 5) is 4.37. The Morgan fingerprint density at radius 2 is 1.77 bits per heavy atom. The number of hydrogen-bond acceptors (Lipinski definition) is 3. The molecule has 5 heteroatoms. The lowest BCUT2D eigenvalue weighted by Crippen LogP contribution is -1.95. The zero-order valence-corrected chi connectivity index (χ0v) is 13.6. The van der Waals surface area contributed by atoms with E-state index in [4.69, 9.17) is 32.7 Å². The molecule has 0 aliphatic heterocycles. The molecule has 0 aliphatic carbocycles. The summed E-state index contributed by atoms with van der Waals surface area (Å²) in [5, 5.41) is 0.871. The van der Waals surface area contributed by atoms with Crippen molar-refractivity contribution in [3.05, 3.63) is 64.7 Å². The average molecular weight is 336 g/mol. The number of rotatable bonds is 6. The summed E-state index contributed by atoms with van der Waals surface area (Å²) >= 11 is 12.3. The van der Waals surface area contributed by atoms with Crippen LogP contribution in [0, 0.1) is 0 Å². The molecule has 0 N–H and O–H groups in total. The summed E-state index contributed by atoms with van der Waals surface area (Å²) < 4.78 is 10.5. The van der Waals surface area contributed by atoms with Crippen LogP contribution in [0.3, 0.4) is 0 Å². The van der Waals surface area contributed by atoms with Crippen LogP contribution in [0.15, 0.2) is 54.0 Å². The summed E-state index contributed by atoms with van der Waals surface area (Å²) in [6.07, 6.45) is 3.32. The van der Waals surface area contributed by atoms with Crippen LogP contribution in [0.2, 0.25) is 10.0 Å². The molecule has 0 unspecified atom stereocenters. The molecule has 0 amide bonds. The van der Waals surface area contributed by atoms with Gasteiger partial charge in [0.15, 0.2) is 5.75 Å². The van der Waals surface area contributed by atoms with E-state index in [1.165, 1.54) is 0 Å². The second kappa shape index (κ2) is 7.87. The fourth-order valence-electron chi connectivity index (χ4n) is 1.75. The standard InChI is InChI=1S/C17H15Cl2NO2/c1-3-8-22-17-15(18)9-12(10-16(17)19)11-20-13-4-6-14(21-2)7-5-13/h3-7,9-11H,1,8H2,2H3. The van der Waals surface area contributed by atoms with Crippen molar-refractivity contribution in [3.8, 4) is 11.5 Å². The molecule has 0 bridgehead atoms. The zero-order chi connectivity index (χ0) is 15.9. The van der Waals surface area contributed by atoms with Crippen LogP contribution in [0.25, 0.3) is 0 Å². The van der Waals surface area contributed by atoms with Crippen molar-refractivity contribution >= 4 is 35.1 Å². The van der Waals surface area contributed by atoms with Crippen LogP contribution < -0.4 is 9.47 Å². The van der Waals surface area contributed by atoms with Gasteiger partial charge in [0.1, 0.15) is 12.4 Å². The van der Waals surface area contributed by atoms with Gasteiger partial charge in [-0.25, -0.2) is 0 Å². The van der Waals surface area contributed by atoms with Gasteiger partial charge in [-0.1, -0.05) is 35.9 Å². The Labute approximate surface area is 139 Å². The topological polar surface area (TPSA) is 30.8 Å². The molecule has 0 heterocycles. The van der Waals surface area contributed by atoms with Crippen molar-refractivity contribution in [3.63, 3.8) is 0 Å². The first kappa shape index (κ1) is 16.4. The largest absolute Gasteiger partial charge is 0.497 e. The van der Waals surface area contributed by atoms with Gasteiger partial charge in [-0.15, -0.1) is 0 Å². The molecule has 0 saturated heterocycles. The first-order valence-corrected chi connectivity index (χ1v) is 7.30. The lowest BCUT2D eigenvalue weighted by molar-refractivity contribution is 0.363. The third kappa shape index (κ3) is 4.26. The molecule has 0 aromatic heterocycles. The lowest BCUT2D eigenvalue weighted by atomic mass is 10.2. The van der Waals surface area contributed by atoms with Crippen LogP contribution in [0.1, 0.15) is 5.56 Å². The SMILES string of the molecule is C=CCOc1c(Cl)cc(C=Nc2ccc(OC)cc2)cc1Cl. The van der Waals surface area contributed by atoms with Crippen LogP contribution in [-0.2, 0) is 0 Å². The molecule has 0 saturated carbocycles. The Bertz CT molecular complexity index is 659. The Balaban J connectivity index is 2.18. The number of aliphatic imine (C=N–C) groups is 1. The third-order valence-corrected chi connectivity index (χ3v) is 3.36. The van der Waals surface area contributed by atoms with Gasteiger partial charge in [0.2, 0.25) is 0 Å². The first-order chi connectivity index (χ1) is 10.6. The van der Waals surface area contributed by atoms with Crippen molar-refractivity contribution in [2.24, 2.45) is 4.99 Å². The van der Waals surface area contributed by atoms with E-state index in [0.29, 0.717) is 22.4 Å². The Morgan fingerprint density at radius 3 is 2.32 bits per heavy atom. The molecule has 0 fully saturated rings. The van der Waals surface area contributed by atoms with Crippen molar-refractivity contribution < 1.29 is 9.47 Å². The van der Waals surface area contributed by atoms with E-state index < -0.39 is 0 Å². The lowest BCUT2D eigenvalue weighted by Gasteiger charge is -2.08. The minimum Gasteiger partial charge on any atom is -0.497 e. The summed E-state index contributed by atoms with van der Waals surface area (Å²) in [6.45, 7) is 3.93. The quantitative estimate of drug-likeness (QED) is 0.528. The number of ether oxygens (including phenoxy) is 2. The van der Waals surface area contributed by atoms with Gasteiger partial charge >= 0.3 is 0 Å². The van der Waals surface area contributed by atoms with Gasteiger partial charge in [-0.2, -0.15) is 0 Å². The Kier molecular flexibility index (Phi) is 5.87. The van der Waals surface area contributed by atoms with Gasteiger partial charge in [-0.05, 0) is 42.0 Å². The zero-order valence-electron chi connectivity index (χ0n) is 12.1. The van der Waals surface area contributed by atoms with E-state index in [0.717, 1.165) is 17.0 Å². The van der Waals surface area contributed by atoms with Gasteiger partial charge in [0.05, 0.1) is 22.8 Å². The predicted molar refractivity (Wildman–Crippen MR) is 92.4 cm³/mol. The molecule has 114 valence electrons. The average Bonchev–Trinajstić information content (AvgIpc) is 2.52. The van der Waals surface area contributed by atoms with Gasteiger partial charge in [0.25, 0.3) is 0 Å². The Hall–Kier alpha value is -1.97. The molecule has 0 atom stereocenters. The Morgan fingerprint density at radius 1 is 1.14 bits per heavy atom. The summed E-state index contributed by atoms with van der Waals surface area (Å²) in [5.74, 6) is 1.23. The highest BCUT2D eigenvalue weighted by molar-refractivity contribution is 6.37. The maximum Gasteiger partial charge on any atom is 0.156 e. The number of benzene rings is 2. The highest BCUT2D eigenvalue weighted by Crippen LogP contribution is 2.34. The first-order valence-electron chi connectivity index (χ1n) is 6.55. The minimum absolute atomic E-state index is 0.346. The van der Waals surface area contributed by atoms with E-state index in [1.807, 2.05) is 24.3 Å². The molecular formula is C17H15Cl2NO2. The summed E-state index contributed by atoms with van der Waals surface area (Å²) in [6, 6.07) is 10.9. The van der Waals surface area contributed by atoms with Crippen molar-refractivity contribution in [2.45, 2.75) is 0 Å². The molecule has 0 aliphatic rings. The summed E-state index contributed by atoms with van der Waals surface area (Å²) in [5.41, 5.74) is 1.59. The second-order valence-corrected chi connectivity index (χ2v) is 5.18. The minimum atomic E-state index is 0.346. The summed E-state index contributed by atoms with van der Waals surface area (Å²) in [7, 11) is 1.62. The fourth-order valence-corrected chi connectivity index (χ4v) is 2.36. The van der Waals surface area contributed by atoms with E-state index >= 15 is 0 Å². The highest BCUT2D eigenvalue weighted by Gasteiger charge is 2.08. The maximum atomic E-state index is 6.17. The van der Waals surface area contributed by atoms with Gasteiger partial charge < -0.3 is 9.47 Å². The van der Waals surface area contributed by atoms with Crippen molar-refractivity contribution in [2.75, 3.05) is 13.7 Å². The van der Waals surface area contributed by atoms with E-state index in [-0.39, 0.29) is 0 Å². The molecular weight excluding hydrogens is 321 g/mol. The second-order valence-electron chi connectivity index (χ2n) is 4.37. The molecule has 0 spiro atoms. The fraction of sp³-hybridized carbons (Fsp3) is 0.118. The number of hydrogen-bond donors (Lipinski definition) is 0. The van der Waals surface area contributed by atoms with E-state index in [9.17, 15) is 0 Å². The molecule has 2 aromatic carbocycles. The molecule has 22 heavy (non-hydrogen) atoms. The maximum absolute atomic E-state index is 6.17. The van der Waals surface area contributed by atoms with E-state index in [1.54, 1.807) is 31.5 Å². The molecule has 2 aromatic rings. The number of methoxy groups -OCH3 is 1. The normalized spacial score (nSPS) is 10.7. The number of halogens is 2. The van der Waals surface area contributed by atoms with Crippen LogP contribution >= 0.6 is 23.2 Å². The van der Waals surface area contributed by atoms with Crippen LogP contribution in [0.5, 0.6) is 11.5 Å². The van der Waals surface area contributed by atoms with Crippen LogP contribution in [0.4, 0.5) is 5.69 Å². The molecule has 3 nitrogen and oxygen atoms in total. The van der Waals surface area contributed by atoms with Gasteiger partial charge in [-0.3, -0.25) is 4.99 Å². The third-order valence-electron chi connectivity index (χ3n) is 2.80. The van der Waals surface area contributed by atoms with Crippen LogP contribution in [-0.4, -0.2) is 19.9 Å². The smallest absolute Gasteiger partial charge is 0.156 e. The molecule has 2 rings (SSSR count). The van der Waals surface area contributed by atoms with E-state index in [2.05, 4.69) is 11.6 Å².